The number of amides is 3. The van der Waals surface area contributed by atoms with Gasteiger partial charge in [-0.2, -0.15) is 13.2 Å². The summed E-state index contributed by atoms with van der Waals surface area (Å²) in [6.45, 7) is 1.29. The first-order valence-corrected chi connectivity index (χ1v) is 13.6. The number of aromatic nitrogens is 1. The molecule has 42 heavy (non-hydrogen) atoms. The first-order valence-electron chi connectivity index (χ1n) is 13.2. The second-order valence-corrected chi connectivity index (χ2v) is 10.0. The fraction of sp³-hybridized carbons (Fsp3) is 0.267. The number of anilines is 1. The summed E-state index contributed by atoms with van der Waals surface area (Å²) < 4.78 is 38.5. The smallest absolute Gasteiger partial charge is 0.368 e. The first kappa shape index (κ1) is 30.6. The maximum atomic E-state index is 13.1. The van der Waals surface area contributed by atoms with Gasteiger partial charge in [-0.25, -0.2) is 0 Å². The van der Waals surface area contributed by atoms with Crippen molar-refractivity contribution < 1.29 is 27.6 Å². The van der Waals surface area contributed by atoms with Gasteiger partial charge in [0, 0.05) is 61.3 Å². The van der Waals surface area contributed by atoms with Crippen molar-refractivity contribution in [1.82, 2.24) is 20.5 Å². The molecule has 0 unspecified atom stereocenters. The molecular formula is C30H29ClF3N5O3. The highest BCUT2D eigenvalue weighted by atomic mass is 35.5. The molecule has 3 amide bonds. The molecule has 0 spiro atoms. The van der Waals surface area contributed by atoms with Crippen LogP contribution in [0, 0.1) is 0 Å². The van der Waals surface area contributed by atoms with E-state index in [-0.39, 0.29) is 18.9 Å². The molecule has 2 aromatic carbocycles. The minimum absolute atomic E-state index is 0.118. The number of carbonyl (C=O) groups is 3. The van der Waals surface area contributed by atoms with Gasteiger partial charge in [0.05, 0.1) is 12.1 Å². The van der Waals surface area contributed by atoms with Crippen LogP contribution in [-0.2, 0) is 27.0 Å². The summed E-state index contributed by atoms with van der Waals surface area (Å²) >= 11 is 5.89. The van der Waals surface area contributed by atoms with E-state index >= 15 is 0 Å². The highest BCUT2D eigenvalue weighted by molar-refractivity contribution is 6.30. The topological polar surface area (TPSA) is 94.6 Å². The maximum absolute atomic E-state index is 13.1. The SMILES string of the molecule is O=C(C=Cc1ccc(Cl)cc1)N[C@@H](Cc1ccccn1)C(=O)NCC(=O)N1CCN(c2ccc(C(F)(F)F)cc2)CC1. The van der Waals surface area contributed by atoms with E-state index in [1.807, 2.05) is 4.90 Å². The molecule has 1 saturated heterocycles. The zero-order valence-corrected chi connectivity index (χ0v) is 23.2. The van der Waals surface area contributed by atoms with Gasteiger partial charge in [-0.05, 0) is 60.2 Å². The monoisotopic (exact) mass is 599 g/mol. The summed E-state index contributed by atoms with van der Waals surface area (Å²) in [5, 5.41) is 5.87. The lowest BCUT2D eigenvalue weighted by molar-refractivity contribution is -0.137. The van der Waals surface area contributed by atoms with Crippen molar-refractivity contribution in [3.63, 3.8) is 0 Å². The molecule has 1 aromatic heterocycles. The van der Waals surface area contributed by atoms with Crippen LogP contribution in [0.25, 0.3) is 6.08 Å². The Kier molecular flexibility index (Phi) is 10.2. The first-order chi connectivity index (χ1) is 20.1. The molecule has 0 saturated carbocycles. The number of hydrogen-bond acceptors (Lipinski definition) is 5. The summed E-state index contributed by atoms with van der Waals surface area (Å²) in [4.78, 5) is 46.2. The molecule has 3 aromatic rings. The molecule has 12 heteroatoms. The maximum Gasteiger partial charge on any atom is 0.416 e. The van der Waals surface area contributed by atoms with Crippen LogP contribution in [0.2, 0.25) is 5.02 Å². The van der Waals surface area contributed by atoms with E-state index in [4.69, 9.17) is 11.6 Å². The Hall–Kier alpha value is -4.38. The number of nitrogens with zero attached hydrogens (tertiary/aromatic N) is 3. The molecule has 2 heterocycles. The van der Waals surface area contributed by atoms with E-state index in [0.717, 1.165) is 17.7 Å². The van der Waals surface area contributed by atoms with E-state index in [1.165, 1.54) is 18.2 Å². The van der Waals surface area contributed by atoms with Crippen LogP contribution >= 0.6 is 11.6 Å². The van der Waals surface area contributed by atoms with E-state index < -0.39 is 29.6 Å². The second kappa shape index (κ2) is 14.0. The van der Waals surface area contributed by atoms with Gasteiger partial charge in [0.15, 0.2) is 0 Å². The van der Waals surface area contributed by atoms with Crippen molar-refractivity contribution in [2.24, 2.45) is 0 Å². The van der Waals surface area contributed by atoms with Crippen LogP contribution in [-0.4, -0.2) is 66.4 Å². The average Bonchev–Trinajstić information content (AvgIpc) is 2.99. The second-order valence-electron chi connectivity index (χ2n) is 9.60. The minimum Gasteiger partial charge on any atom is -0.368 e. The van der Waals surface area contributed by atoms with Crippen molar-refractivity contribution in [2.75, 3.05) is 37.6 Å². The Morgan fingerprint density at radius 3 is 2.26 bits per heavy atom. The lowest BCUT2D eigenvalue weighted by Crippen LogP contribution is -2.53. The zero-order chi connectivity index (χ0) is 30.1. The van der Waals surface area contributed by atoms with Gasteiger partial charge in [-0.1, -0.05) is 29.8 Å². The third-order valence-electron chi connectivity index (χ3n) is 6.68. The summed E-state index contributed by atoms with van der Waals surface area (Å²) in [5.74, 6) is -1.33. The fourth-order valence-corrected chi connectivity index (χ4v) is 4.50. The summed E-state index contributed by atoms with van der Waals surface area (Å²) in [7, 11) is 0. The Bertz CT molecular complexity index is 1390. The largest absolute Gasteiger partial charge is 0.416 e. The normalized spacial score (nSPS) is 14.5. The van der Waals surface area contributed by atoms with Gasteiger partial charge in [-0.15, -0.1) is 0 Å². The fourth-order valence-electron chi connectivity index (χ4n) is 4.38. The van der Waals surface area contributed by atoms with Crippen LogP contribution in [0.3, 0.4) is 0 Å². The van der Waals surface area contributed by atoms with Crippen LogP contribution in [0.4, 0.5) is 18.9 Å². The van der Waals surface area contributed by atoms with Crippen molar-refractivity contribution in [1.29, 1.82) is 0 Å². The van der Waals surface area contributed by atoms with Crippen LogP contribution in [0.1, 0.15) is 16.8 Å². The third kappa shape index (κ3) is 8.81. The number of hydrogen-bond donors (Lipinski definition) is 2. The Balaban J connectivity index is 1.30. The minimum atomic E-state index is -4.40. The number of pyridine rings is 1. The van der Waals surface area contributed by atoms with E-state index in [2.05, 4.69) is 15.6 Å². The van der Waals surface area contributed by atoms with Crippen molar-refractivity contribution in [3.8, 4) is 0 Å². The van der Waals surface area contributed by atoms with Crippen LogP contribution < -0.4 is 15.5 Å². The quantitative estimate of drug-likeness (QED) is 0.363. The van der Waals surface area contributed by atoms with Gasteiger partial charge in [-0.3, -0.25) is 19.4 Å². The van der Waals surface area contributed by atoms with E-state index in [1.54, 1.807) is 59.6 Å². The lowest BCUT2D eigenvalue weighted by Gasteiger charge is -2.36. The highest BCUT2D eigenvalue weighted by Crippen LogP contribution is 2.30. The van der Waals surface area contributed by atoms with Crippen molar-refractivity contribution in [3.05, 3.63) is 101 Å². The van der Waals surface area contributed by atoms with Gasteiger partial charge in [0.1, 0.15) is 6.04 Å². The van der Waals surface area contributed by atoms with E-state index in [9.17, 15) is 27.6 Å². The molecule has 1 aliphatic heterocycles. The highest BCUT2D eigenvalue weighted by Gasteiger charge is 2.30. The molecule has 1 fully saturated rings. The molecule has 1 aliphatic rings. The molecule has 0 aliphatic carbocycles. The van der Waals surface area contributed by atoms with Gasteiger partial charge < -0.3 is 20.4 Å². The number of piperazine rings is 1. The van der Waals surface area contributed by atoms with Crippen LogP contribution in [0.15, 0.2) is 79.0 Å². The summed E-state index contributed by atoms with van der Waals surface area (Å²) in [6.07, 6.45) is 0.202. The zero-order valence-electron chi connectivity index (χ0n) is 22.5. The Morgan fingerprint density at radius 1 is 0.952 bits per heavy atom. The summed E-state index contributed by atoms with van der Waals surface area (Å²) in [6, 6.07) is 16.1. The van der Waals surface area contributed by atoms with E-state index in [0.29, 0.717) is 42.6 Å². The predicted octanol–water partition coefficient (Wildman–Crippen LogP) is 3.96. The molecule has 2 N–H and O–H groups in total. The standard InChI is InChI=1S/C30H29ClF3N5O3/c31-23-9-4-21(5-10-23)6-13-27(40)37-26(19-24-3-1-2-14-35-24)29(42)36-20-28(41)39-17-15-38(16-18-39)25-11-7-22(8-12-25)30(32,33)34/h1-14,26H,15-20H2,(H,36,42)(H,37,40)/t26-/m0/s1. The third-order valence-corrected chi connectivity index (χ3v) is 6.93. The molecule has 220 valence electrons. The Labute approximate surface area is 246 Å². The molecule has 4 rings (SSSR count). The number of carbonyl (C=O) groups excluding carboxylic acids is 3. The number of nitrogens with one attached hydrogen (secondary N) is 2. The van der Waals surface area contributed by atoms with Crippen LogP contribution in [0.5, 0.6) is 0 Å². The Morgan fingerprint density at radius 2 is 1.64 bits per heavy atom. The van der Waals surface area contributed by atoms with Gasteiger partial charge >= 0.3 is 6.18 Å². The van der Waals surface area contributed by atoms with Crippen molar-refractivity contribution in [2.45, 2.75) is 18.6 Å². The molecule has 8 nitrogen and oxygen atoms in total. The van der Waals surface area contributed by atoms with Gasteiger partial charge in [0.25, 0.3) is 0 Å². The molecular weight excluding hydrogens is 571 g/mol. The molecule has 0 bridgehead atoms. The lowest BCUT2D eigenvalue weighted by atomic mass is 10.1. The average molecular weight is 600 g/mol. The number of rotatable bonds is 9. The number of alkyl halides is 3. The van der Waals surface area contributed by atoms with Gasteiger partial charge in [0.2, 0.25) is 17.7 Å². The number of benzene rings is 2. The molecule has 1 atom stereocenters. The predicted molar refractivity (Wildman–Crippen MR) is 154 cm³/mol. The van der Waals surface area contributed by atoms with Crippen molar-refractivity contribution >= 4 is 41.1 Å². The number of halogens is 4. The summed E-state index contributed by atoms with van der Waals surface area (Å²) in [5.41, 5.74) is 1.27. The molecule has 0 radical (unpaired) electrons.